The Balaban J connectivity index is 0.000000145. The highest BCUT2D eigenvalue weighted by Crippen LogP contribution is 1.85. The van der Waals surface area contributed by atoms with E-state index in [-0.39, 0.29) is 6.47 Å². The molecule has 0 bridgehead atoms. The fraction of sp³-hybridized carbons (Fsp3) is 0.750. The molecule has 1 heterocycles. The van der Waals surface area contributed by atoms with E-state index < -0.39 is 0 Å². The maximum atomic E-state index is 8.36. The zero-order valence-electron chi connectivity index (χ0n) is 4.37. The van der Waals surface area contributed by atoms with Gasteiger partial charge in [0.15, 0.2) is 0 Å². The lowest BCUT2D eigenvalue weighted by atomic mass is 10.8. The van der Waals surface area contributed by atoms with Gasteiger partial charge in [0.05, 0.1) is 13.2 Å². The second kappa shape index (κ2) is 6.39. The summed E-state index contributed by atoms with van der Waals surface area (Å²) in [5, 5.41) is 6.89. The van der Waals surface area contributed by atoms with Crippen molar-refractivity contribution in [3.05, 3.63) is 0 Å². The number of hydrogen-bond donors (Lipinski definition) is 1. The molecule has 8 heavy (non-hydrogen) atoms. The van der Waals surface area contributed by atoms with Crippen LogP contribution in [-0.4, -0.2) is 31.6 Å². The zero-order valence-corrected chi connectivity index (χ0v) is 4.37. The van der Waals surface area contributed by atoms with Gasteiger partial charge in [-0.3, -0.25) is 4.79 Å². The van der Waals surface area contributed by atoms with Gasteiger partial charge in [0.25, 0.3) is 6.47 Å². The summed E-state index contributed by atoms with van der Waals surface area (Å²) in [7, 11) is 0. The first-order chi connectivity index (χ1) is 3.91. The van der Waals surface area contributed by atoms with Crippen molar-refractivity contribution in [2.24, 2.45) is 0 Å². The Morgan fingerprint density at radius 3 is 1.88 bits per heavy atom. The molecule has 1 rings (SSSR count). The molecular formula is C4H8O4. The standard InChI is InChI=1S/C3H6O2.CH2O2/c1-2-5-3-4-1;2-1-3/h1-3H2;1H,(H,2,3). The summed E-state index contributed by atoms with van der Waals surface area (Å²) in [4.78, 5) is 8.36. The summed E-state index contributed by atoms with van der Waals surface area (Å²) >= 11 is 0. The van der Waals surface area contributed by atoms with Crippen LogP contribution < -0.4 is 0 Å². The van der Waals surface area contributed by atoms with Crippen molar-refractivity contribution in [3.8, 4) is 0 Å². The van der Waals surface area contributed by atoms with E-state index in [4.69, 9.17) is 19.4 Å². The predicted molar refractivity (Wildman–Crippen MR) is 25.5 cm³/mol. The molecule has 48 valence electrons. The second-order valence-electron chi connectivity index (χ2n) is 1.04. The molecule has 0 aromatic heterocycles. The molecule has 0 saturated carbocycles. The number of ether oxygens (including phenoxy) is 2. The van der Waals surface area contributed by atoms with Crippen molar-refractivity contribution in [2.45, 2.75) is 0 Å². The van der Waals surface area contributed by atoms with E-state index in [1.807, 2.05) is 0 Å². The Kier molecular flexibility index (Phi) is 5.90. The van der Waals surface area contributed by atoms with Crippen LogP contribution in [0.25, 0.3) is 0 Å². The molecule has 1 aliphatic heterocycles. The van der Waals surface area contributed by atoms with Crippen molar-refractivity contribution in [3.63, 3.8) is 0 Å². The van der Waals surface area contributed by atoms with Gasteiger partial charge in [-0.25, -0.2) is 0 Å². The molecule has 1 N–H and O–H groups in total. The predicted octanol–water partition coefficient (Wildman–Crippen LogP) is -0.308. The summed E-state index contributed by atoms with van der Waals surface area (Å²) in [6.45, 7) is 1.81. The van der Waals surface area contributed by atoms with Gasteiger partial charge in [-0.05, 0) is 0 Å². The molecule has 4 nitrogen and oxygen atoms in total. The van der Waals surface area contributed by atoms with Crippen LogP contribution >= 0.6 is 0 Å². The van der Waals surface area contributed by atoms with E-state index in [1.54, 1.807) is 0 Å². The van der Waals surface area contributed by atoms with Gasteiger partial charge in [0.1, 0.15) is 6.79 Å². The van der Waals surface area contributed by atoms with Gasteiger partial charge in [0, 0.05) is 0 Å². The lowest BCUT2D eigenvalue weighted by Gasteiger charge is -1.76. The van der Waals surface area contributed by atoms with Crippen molar-refractivity contribution >= 4 is 6.47 Å². The number of hydrogen-bond acceptors (Lipinski definition) is 3. The minimum Gasteiger partial charge on any atom is -0.483 e. The summed E-state index contributed by atoms with van der Waals surface area (Å²) in [6.07, 6.45) is 0. The van der Waals surface area contributed by atoms with Crippen molar-refractivity contribution in [1.29, 1.82) is 0 Å². The molecule has 0 spiro atoms. The molecule has 0 unspecified atom stereocenters. The van der Waals surface area contributed by atoms with E-state index in [2.05, 4.69) is 0 Å². The Morgan fingerprint density at radius 2 is 1.75 bits per heavy atom. The number of carboxylic acid groups (broad SMARTS) is 1. The van der Waals surface area contributed by atoms with E-state index in [0.717, 1.165) is 13.2 Å². The van der Waals surface area contributed by atoms with Crippen molar-refractivity contribution in [2.75, 3.05) is 20.0 Å². The van der Waals surface area contributed by atoms with Gasteiger partial charge in [0.2, 0.25) is 0 Å². The zero-order chi connectivity index (χ0) is 6.24. The van der Waals surface area contributed by atoms with Crippen LogP contribution in [0.2, 0.25) is 0 Å². The Labute approximate surface area is 47.0 Å². The van der Waals surface area contributed by atoms with Crippen molar-refractivity contribution < 1.29 is 19.4 Å². The minimum atomic E-state index is -0.250. The normalized spacial score (nSPS) is 16.5. The first-order valence-corrected chi connectivity index (χ1v) is 2.15. The van der Waals surface area contributed by atoms with E-state index in [0.29, 0.717) is 6.79 Å². The van der Waals surface area contributed by atoms with Gasteiger partial charge in [-0.15, -0.1) is 0 Å². The lowest BCUT2D eigenvalue weighted by molar-refractivity contribution is -0.122. The first-order valence-electron chi connectivity index (χ1n) is 2.15. The summed E-state index contributed by atoms with van der Waals surface area (Å²) < 4.78 is 9.44. The lowest BCUT2D eigenvalue weighted by Crippen LogP contribution is -1.79. The first kappa shape index (κ1) is 7.39. The van der Waals surface area contributed by atoms with Crippen LogP contribution in [0.5, 0.6) is 0 Å². The summed E-state index contributed by atoms with van der Waals surface area (Å²) in [5.74, 6) is 0. The van der Waals surface area contributed by atoms with Crippen LogP contribution in [0.15, 0.2) is 0 Å². The highest BCUT2D eigenvalue weighted by atomic mass is 16.7. The average Bonchev–Trinajstić information content (AvgIpc) is 2.17. The highest BCUT2D eigenvalue weighted by molar-refractivity contribution is 5.32. The molecule has 0 aromatic carbocycles. The topological polar surface area (TPSA) is 55.8 Å². The van der Waals surface area contributed by atoms with Crippen LogP contribution in [0.4, 0.5) is 0 Å². The molecule has 0 amide bonds. The molecule has 0 radical (unpaired) electrons. The van der Waals surface area contributed by atoms with Crippen LogP contribution in [0, 0.1) is 0 Å². The summed E-state index contributed by atoms with van der Waals surface area (Å²) in [6, 6.07) is 0. The molecule has 0 aromatic rings. The fourth-order valence-corrected chi connectivity index (χ4v) is 0.295. The molecule has 1 aliphatic rings. The second-order valence-corrected chi connectivity index (χ2v) is 1.04. The third-order valence-electron chi connectivity index (χ3n) is 0.539. The maximum absolute atomic E-state index is 8.36. The monoisotopic (exact) mass is 120 g/mol. The molecule has 0 aliphatic carbocycles. The van der Waals surface area contributed by atoms with Gasteiger partial charge < -0.3 is 14.6 Å². The fourth-order valence-electron chi connectivity index (χ4n) is 0.295. The Hall–Kier alpha value is -0.610. The van der Waals surface area contributed by atoms with Crippen LogP contribution in [0.1, 0.15) is 0 Å². The van der Waals surface area contributed by atoms with Crippen LogP contribution in [0.3, 0.4) is 0 Å². The highest BCUT2D eigenvalue weighted by Gasteiger charge is 1.93. The largest absolute Gasteiger partial charge is 0.483 e. The number of carbonyl (C=O) groups is 1. The SMILES string of the molecule is C1COCO1.O=CO. The van der Waals surface area contributed by atoms with E-state index in [1.165, 1.54) is 0 Å². The third kappa shape index (κ3) is 5.39. The van der Waals surface area contributed by atoms with Gasteiger partial charge in [-0.1, -0.05) is 0 Å². The minimum absolute atomic E-state index is 0.250. The van der Waals surface area contributed by atoms with E-state index >= 15 is 0 Å². The summed E-state index contributed by atoms with van der Waals surface area (Å²) in [5.41, 5.74) is 0. The molecule has 1 saturated heterocycles. The average molecular weight is 120 g/mol. The van der Waals surface area contributed by atoms with E-state index in [9.17, 15) is 0 Å². The molecule has 1 fully saturated rings. The Morgan fingerprint density at radius 1 is 1.38 bits per heavy atom. The van der Waals surface area contributed by atoms with Crippen molar-refractivity contribution in [1.82, 2.24) is 0 Å². The molecule has 4 heteroatoms. The number of rotatable bonds is 0. The third-order valence-corrected chi connectivity index (χ3v) is 0.539. The molecular weight excluding hydrogens is 112 g/mol. The quantitative estimate of drug-likeness (QED) is 0.445. The molecule has 0 atom stereocenters. The smallest absolute Gasteiger partial charge is 0.290 e. The van der Waals surface area contributed by atoms with Gasteiger partial charge >= 0.3 is 0 Å². The Bertz CT molecular complexity index is 42.4. The van der Waals surface area contributed by atoms with Gasteiger partial charge in [-0.2, -0.15) is 0 Å². The maximum Gasteiger partial charge on any atom is 0.290 e. The van der Waals surface area contributed by atoms with Crippen LogP contribution in [-0.2, 0) is 14.3 Å².